The Morgan fingerprint density at radius 1 is 1.21 bits per heavy atom. The fourth-order valence-electron chi connectivity index (χ4n) is 3.15. The smallest absolute Gasteiger partial charge is 0.227 e. The number of thiazole rings is 1. The Morgan fingerprint density at radius 2 is 2.00 bits per heavy atom. The van der Waals surface area contributed by atoms with E-state index in [1.54, 1.807) is 22.7 Å². The van der Waals surface area contributed by atoms with E-state index in [1.165, 1.54) is 5.56 Å². The van der Waals surface area contributed by atoms with Crippen molar-refractivity contribution in [3.8, 4) is 10.6 Å². The highest BCUT2D eigenvalue weighted by Crippen LogP contribution is 2.32. The van der Waals surface area contributed by atoms with Crippen molar-refractivity contribution in [2.75, 3.05) is 31.6 Å². The van der Waals surface area contributed by atoms with E-state index in [2.05, 4.69) is 35.8 Å². The minimum atomic E-state index is 0.175. The number of carbonyl (C=O) groups excluding carboxylic acids is 1. The minimum Gasteiger partial charge on any atom is -0.378 e. The van der Waals surface area contributed by atoms with Crippen molar-refractivity contribution in [1.29, 1.82) is 0 Å². The molecule has 7 heteroatoms. The van der Waals surface area contributed by atoms with Gasteiger partial charge in [0.15, 0.2) is 5.13 Å². The molecular weight excluding hydrogens is 390 g/mol. The Hall–Kier alpha value is -2.22. The van der Waals surface area contributed by atoms with E-state index in [1.807, 2.05) is 29.2 Å². The van der Waals surface area contributed by atoms with E-state index < -0.39 is 0 Å². The first-order valence-electron chi connectivity index (χ1n) is 9.40. The number of rotatable bonds is 6. The standard InChI is InChI=1S/C21H23N3O2S2/c1-15(16-5-3-2-4-6-16)22-21-23-18(14-27-21)19-8-7-17(28-19)13-20(25)24-9-11-26-12-10-24/h2-8,14-15H,9-13H2,1H3,(H,22,23)/t15-/m1/s1. The van der Waals surface area contributed by atoms with Crippen molar-refractivity contribution in [3.63, 3.8) is 0 Å². The number of benzene rings is 1. The predicted octanol–water partition coefficient (Wildman–Crippen LogP) is 4.45. The van der Waals surface area contributed by atoms with Gasteiger partial charge >= 0.3 is 0 Å². The maximum absolute atomic E-state index is 12.4. The first kappa shape index (κ1) is 19.1. The van der Waals surface area contributed by atoms with E-state index in [-0.39, 0.29) is 11.9 Å². The summed E-state index contributed by atoms with van der Waals surface area (Å²) in [7, 11) is 0. The Labute approximate surface area is 173 Å². The van der Waals surface area contributed by atoms with Crippen LogP contribution in [0.25, 0.3) is 10.6 Å². The third kappa shape index (κ3) is 4.60. The highest BCUT2D eigenvalue weighted by Gasteiger charge is 2.18. The molecule has 0 radical (unpaired) electrons. The van der Waals surface area contributed by atoms with Crippen molar-refractivity contribution in [3.05, 3.63) is 58.3 Å². The first-order valence-corrected chi connectivity index (χ1v) is 11.1. The van der Waals surface area contributed by atoms with Gasteiger partial charge in [-0.2, -0.15) is 0 Å². The molecule has 1 atom stereocenters. The Kier molecular flexibility index (Phi) is 6.04. The van der Waals surface area contributed by atoms with Gasteiger partial charge in [-0.1, -0.05) is 30.3 Å². The number of amides is 1. The molecule has 0 unspecified atom stereocenters. The topological polar surface area (TPSA) is 54.5 Å². The summed E-state index contributed by atoms with van der Waals surface area (Å²) in [6.07, 6.45) is 0.449. The molecule has 28 heavy (non-hydrogen) atoms. The number of carbonyl (C=O) groups is 1. The van der Waals surface area contributed by atoms with Gasteiger partial charge < -0.3 is 15.0 Å². The molecule has 1 aromatic carbocycles. The van der Waals surface area contributed by atoms with Gasteiger partial charge in [-0.25, -0.2) is 4.98 Å². The van der Waals surface area contributed by atoms with Crippen LogP contribution in [-0.4, -0.2) is 42.1 Å². The van der Waals surface area contributed by atoms with Crippen molar-refractivity contribution in [2.24, 2.45) is 0 Å². The molecule has 1 N–H and O–H groups in total. The maximum Gasteiger partial charge on any atom is 0.227 e. The fourth-order valence-corrected chi connectivity index (χ4v) is 4.98. The summed E-state index contributed by atoms with van der Waals surface area (Å²) in [5.74, 6) is 0.175. The van der Waals surface area contributed by atoms with Gasteiger partial charge in [0.2, 0.25) is 5.91 Å². The number of hydrogen-bond acceptors (Lipinski definition) is 6. The van der Waals surface area contributed by atoms with Crippen LogP contribution >= 0.6 is 22.7 Å². The second kappa shape index (κ2) is 8.86. The maximum atomic E-state index is 12.4. The minimum absolute atomic E-state index is 0.175. The van der Waals surface area contributed by atoms with E-state index in [0.717, 1.165) is 20.6 Å². The number of ether oxygens (including phenoxy) is 1. The fraction of sp³-hybridized carbons (Fsp3) is 0.333. The molecule has 3 aromatic rings. The number of nitrogens with zero attached hydrogens (tertiary/aromatic N) is 2. The first-order chi connectivity index (χ1) is 13.7. The third-order valence-corrected chi connectivity index (χ3v) is 6.63. The van der Waals surface area contributed by atoms with Crippen molar-refractivity contribution < 1.29 is 9.53 Å². The lowest BCUT2D eigenvalue weighted by Gasteiger charge is -2.26. The van der Waals surface area contributed by atoms with Gasteiger partial charge in [0.1, 0.15) is 0 Å². The van der Waals surface area contributed by atoms with Crippen LogP contribution in [0.2, 0.25) is 0 Å². The molecule has 1 aliphatic heterocycles. The predicted molar refractivity (Wildman–Crippen MR) is 115 cm³/mol. The van der Waals surface area contributed by atoms with Crippen molar-refractivity contribution in [2.45, 2.75) is 19.4 Å². The average Bonchev–Trinajstić information content (AvgIpc) is 3.39. The molecule has 5 nitrogen and oxygen atoms in total. The van der Waals surface area contributed by atoms with Gasteiger partial charge in [0, 0.05) is 23.3 Å². The highest BCUT2D eigenvalue weighted by molar-refractivity contribution is 7.17. The molecule has 0 saturated carbocycles. The van der Waals surface area contributed by atoms with E-state index in [4.69, 9.17) is 9.72 Å². The van der Waals surface area contributed by atoms with Crippen molar-refractivity contribution >= 4 is 33.7 Å². The molecule has 1 aliphatic rings. The summed E-state index contributed by atoms with van der Waals surface area (Å²) in [5, 5.41) is 6.45. The van der Waals surface area contributed by atoms with Crippen molar-refractivity contribution in [1.82, 2.24) is 9.88 Å². The number of nitrogens with one attached hydrogen (secondary N) is 1. The molecule has 1 amide bonds. The zero-order valence-electron chi connectivity index (χ0n) is 15.8. The summed E-state index contributed by atoms with van der Waals surface area (Å²) < 4.78 is 5.32. The Bertz CT molecular complexity index is 917. The lowest BCUT2D eigenvalue weighted by molar-refractivity contribution is -0.134. The molecular formula is C21H23N3O2S2. The van der Waals surface area contributed by atoms with Crippen LogP contribution in [0.3, 0.4) is 0 Å². The number of hydrogen-bond donors (Lipinski definition) is 1. The van der Waals surface area contributed by atoms with Crippen LogP contribution in [0.4, 0.5) is 5.13 Å². The number of thiophene rings is 1. The van der Waals surface area contributed by atoms with E-state index in [0.29, 0.717) is 32.7 Å². The summed E-state index contributed by atoms with van der Waals surface area (Å²) >= 11 is 3.25. The molecule has 0 aliphatic carbocycles. The SMILES string of the molecule is C[C@@H](Nc1nc(-c2ccc(CC(=O)N3CCOCC3)s2)cs1)c1ccccc1. The third-order valence-electron chi connectivity index (χ3n) is 4.75. The van der Waals surface area contributed by atoms with Gasteiger partial charge in [-0.05, 0) is 24.6 Å². The van der Waals surface area contributed by atoms with Crippen LogP contribution < -0.4 is 5.32 Å². The van der Waals surface area contributed by atoms with Gasteiger partial charge in [0.25, 0.3) is 0 Å². The number of morpholine rings is 1. The molecule has 3 heterocycles. The summed E-state index contributed by atoms with van der Waals surface area (Å²) in [6.45, 7) is 4.79. The Morgan fingerprint density at radius 3 is 2.79 bits per heavy atom. The lowest BCUT2D eigenvalue weighted by atomic mass is 10.1. The monoisotopic (exact) mass is 413 g/mol. The van der Waals surface area contributed by atoms with Crippen LogP contribution in [0.15, 0.2) is 47.8 Å². The molecule has 1 fully saturated rings. The molecule has 146 valence electrons. The zero-order chi connectivity index (χ0) is 19.3. The molecule has 4 rings (SSSR count). The van der Waals surface area contributed by atoms with Crippen LogP contribution in [-0.2, 0) is 16.0 Å². The van der Waals surface area contributed by atoms with Crippen LogP contribution in [0.1, 0.15) is 23.4 Å². The van der Waals surface area contributed by atoms with E-state index in [9.17, 15) is 4.79 Å². The average molecular weight is 414 g/mol. The van der Waals surface area contributed by atoms with E-state index >= 15 is 0 Å². The van der Waals surface area contributed by atoms with Crippen LogP contribution in [0.5, 0.6) is 0 Å². The number of aromatic nitrogens is 1. The number of anilines is 1. The second-order valence-electron chi connectivity index (χ2n) is 6.75. The molecule has 2 aromatic heterocycles. The normalized spacial score (nSPS) is 15.4. The summed E-state index contributed by atoms with van der Waals surface area (Å²) in [5.41, 5.74) is 2.20. The molecule has 0 bridgehead atoms. The van der Waals surface area contributed by atoms with Gasteiger partial charge in [0.05, 0.1) is 36.2 Å². The van der Waals surface area contributed by atoms with Gasteiger partial charge in [-0.15, -0.1) is 22.7 Å². The summed E-state index contributed by atoms with van der Waals surface area (Å²) in [6, 6.07) is 14.6. The second-order valence-corrected chi connectivity index (χ2v) is 8.78. The molecule has 0 spiro atoms. The molecule has 1 saturated heterocycles. The summed E-state index contributed by atoms with van der Waals surface area (Å²) in [4.78, 5) is 21.2. The lowest BCUT2D eigenvalue weighted by Crippen LogP contribution is -2.41. The van der Waals surface area contributed by atoms with Crippen LogP contribution in [0, 0.1) is 0 Å². The largest absolute Gasteiger partial charge is 0.378 e. The highest BCUT2D eigenvalue weighted by atomic mass is 32.1. The Balaban J connectivity index is 1.38. The zero-order valence-corrected chi connectivity index (χ0v) is 17.4. The quantitative estimate of drug-likeness (QED) is 0.649. The van der Waals surface area contributed by atoms with Gasteiger partial charge in [-0.3, -0.25) is 4.79 Å².